The molecular formula is C11H10BrF2NO2. The minimum absolute atomic E-state index is 0.0676. The topological polar surface area (TPSA) is 40.5 Å². The molecule has 6 heteroatoms. The van der Waals surface area contributed by atoms with E-state index in [4.69, 9.17) is 0 Å². The van der Waals surface area contributed by atoms with E-state index in [1.54, 1.807) is 0 Å². The largest absolute Gasteiger partial charge is 0.391 e. The second-order valence-electron chi connectivity index (χ2n) is 3.94. The van der Waals surface area contributed by atoms with Gasteiger partial charge in [-0.2, -0.15) is 0 Å². The van der Waals surface area contributed by atoms with E-state index in [2.05, 4.69) is 15.9 Å². The summed E-state index contributed by atoms with van der Waals surface area (Å²) in [5.41, 5.74) is 0.0676. The summed E-state index contributed by atoms with van der Waals surface area (Å²) in [4.78, 5) is 13.4. The van der Waals surface area contributed by atoms with Gasteiger partial charge in [-0.15, -0.1) is 0 Å². The van der Waals surface area contributed by atoms with Crippen molar-refractivity contribution in [2.75, 3.05) is 13.1 Å². The number of likely N-dealkylation sites (tertiary alicyclic amines) is 1. The molecule has 1 aliphatic rings. The number of carbonyl (C=O) groups is 1. The van der Waals surface area contributed by atoms with Crippen LogP contribution in [-0.4, -0.2) is 35.1 Å². The average molecular weight is 306 g/mol. The Labute approximate surface area is 105 Å². The molecule has 2 rings (SSSR count). The van der Waals surface area contributed by atoms with Crippen molar-refractivity contribution in [1.82, 2.24) is 4.90 Å². The molecule has 0 saturated carbocycles. The lowest BCUT2D eigenvalue weighted by molar-refractivity contribution is 0.0763. The van der Waals surface area contributed by atoms with Crippen LogP contribution in [0.2, 0.25) is 0 Å². The molecule has 1 aromatic rings. The Morgan fingerprint density at radius 3 is 2.65 bits per heavy atom. The fourth-order valence-corrected chi connectivity index (χ4v) is 2.27. The van der Waals surface area contributed by atoms with Crippen LogP contribution in [0.25, 0.3) is 0 Å². The number of nitrogens with zero attached hydrogens (tertiary/aromatic N) is 1. The summed E-state index contributed by atoms with van der Waals surface area (Å²) in [5.74, 6) is -2.47. The molecule has 0 unspecified atom stereocenters. The van der Waals surface area contributed by atoms with Gasteiger partial charge in [0, 0.05) is 17.6 Å². The highest BCUT2D eigenvalue weighted by Gasteiger charge is 2.27. The van der Waals surface area contributed by atoms with Gasteiger partial charge in [0.1, 0.15) is 0 Å². The predicted molar refractivity (Wildman–Crippen MR) is 60.6 cm³/mol. The number of aliphatic hydroxyl groups excluding tert-OH is 1. The van der Waals surface area contributed by atoms with Gasteiger partial charge < -0.3 is 10.0 Å². The van der Waals surface area contributed by atoms with Crippen LogP contribution in [0.3, 0.4) is 0 Å². The maximum Gasteiger partial charge on any atom is 0.255 e. The second kappa shape index (κ2) is 4.70. The first-order valence-electron chi connectivity index (χ1n) is 5.11. The third-order valence-electron chi connectivity index (χ3n) is 2.69. The van der Waals surface area contributed by atoms with E-state index in [1.807, 2.05) is 0 Å². The Morgan fingerprint density at radius 2 is 2.06 bits per heavy atom. The Balaban J connectivity index is 2.28. The number of carbonyl (C=O) groups excluding carboxylic acids is 1. The zero-order valence-corrected chi connectivity index (χ0v) is 10.4. The van der Waals surface area contributed by atoms with Gasteiger partial charge in [0.05, 0.1) is 11.7 Å². The fraction of sp³-hybridized carbons (Fsp3) is 0.364. The van der Waals surface area contributed by atoms with Gasteiger partial charge in [-0.1, -0.05) is 0 Å². The van der Waals surface area contributed by atoms with Crippen molar-refractivity contribution < 1.29 is 18.7 Å². The van der Waals surface area contributed by atoms with Gasteiger partial charge in [-0.3, -0.25) is 4.79 Å². The van der Waals surface area contributed by atoms with Gasteiger partial charge in [-0.05, 0) is 34.5 Å². The molecule has 1 saturated heterocycles. The molecule has 17 heavy (non-hydrogen) atoms. The number of aliphatic hydroxyl groups is 1. The lowest BCUT2D eigenvalue weighted by atomic mass is 10.2. The standard InChI is InChI=1S/C11H10BrF2NO2/c12-8-4-10(14)9(13)3-7(8)11(17)15-2-1-6(16)5-15/h3-4,6,16H,1-2,5H2/t6-/m0/s1. The van der Waals surface area contributed by atoms with Gasteiger partial charge in [0.25, 0.3) is 5.91 Å². The zero-order chi connectivity index (χ0) is 12.6. The summed E-state index contributed by atoms with van der Waals surface area (Å²) < 4.78 is 26.2. The molecule has 0 spiro atoms. The van der Waals surface area contributed by atoms with Gasteiger partial charge in [-0.25, -0.2) is 8.78 Å². The first kappa shape index (κ1) is 12.4. The van der Waals surface area contributed by atoms with E-state index in [0.29, 0.717) is 13.0 Å². The predicted octanol–water partition coefficient (Wildman–Crippen LogP) is 1.93. The molecule has 1 amide bonds. The number of hydrogen-bond acceptors (Lipinski definition) is 2. The highest BCUT2D eigenvalue weighted by atomic mass is 79.9. The third-order valence-corrected chi connectivity index (χ3v) is 3.35. The summed E-state index contributed by atoms with van der Waals surface area (Å²) in [6.45, 7) is 0.649. The highest BCUT2D eigenvalue weighted by Crippen LogP contribution is 2.23. The summed E-state index contributed by atoms with van der Waals surface area (Å²) in [5, 5.41) is 9.32. The number of rotatable bonds is 1. The van der Waals surface area contributed by atoms with Gasteiger partial charge in [0.2, 0.25) is 0 Å². The number of β-amino-alcohol motifs (C(OH)–C–C–N with tert-alkyl or cyclic N) is 1. The van der Waals surface area contributed by atoms with Crippen molar-refractivity contribution in [1.29, 1.82) is 0 Å². The summed E-state index contributed by atoms with van der Waals surface area (Å²) in [7, 11) is 0. The lowest BCUT2D eigenvalue weighted by Crippen LogP contribution is -2.30. The quantitative estimate of drug-likeness (QED) is 0.806. The smallest absolute Gasteiger partial charge is 0.255 e. The van der Waals surface area contributed by atoms with Gasteiger partial charge in [0.15, 0.2) is 11.6 Å². The molecule has 3 nitrogen and oxygen atoms in total. The summed E-state index contributed by atoms with van der Waals surface area (Å²) in [6, 6.07) is 1.79. The zero-order valence-electron chi connectivity index (χ0n) is 8.79. The van der Waals surface area contributed by atoms with E-state index in [-0.39, 0.29) is 16.6 Å². The minimum atomic E-state index is -1.06. The monoisotopic (exact) mass is 305 g/mol. The molecule has 1 aromatic carbocycles. The second-order valence-corrected chi connectivity index (χ2v) is 4.79. The van der Waals surface area contributed by atoms with E-state index in [1.165, 1.54) is 4.90 Å². The maximum absolute atomic E-state index is 13.1. The molecule has 0 radical (unpaired) electrons. The number of halogens is 3. The normalized spacial score (nSPS) is 19.8. The van der Waals surface area contributed by atoms with E-state index in [9.17, 15) is 18.7 Å². The fourth-order valence-electron chi connectivity index (χ4n) is 1.78. The summed E-state index contributed by atoms with van der Waals surface area (Å²) >= 11 is 3.03. The number of hydrogen-bond donors (Lipinski definition) is 1. The van der Waals surface area contributed by atoms with Crippen LogP contribution in [0.15, 0.2) is 16.6 Å². The minimum Gasteiger partial charge on any atom is -0.391 e. The third kappa shape index (κ3) is 2.47. The van der Waals surface area contributed by atoms with Crippen LogP contribution in [0, 0.1) is 11.6 Å². The van der Waals surface area contributed by atoms with Crippen molar-refractivity contribution >= 4 is 21.8 Å². The van der Waals surface area contributed by atoms with Crippen molar-refractivity contribution in [2.45, 2.75) is 12.5 Å². The number of amides is 1. The molecule has 1 atom stereocenters. The van der Waals surface area contributed by atoms with E-state index < -0.39 is 23.6 Å². The lowest BCUT2D eigenvalue weighted by Gasteiger charge is -2.16. The molecule has 0 bridgehead atoms. The molecule has 92 valence electrons. The Hall–Kier alpha value is -1.01. The SMILES string of the molecule is O=C(c1cc(F)c(F)cc1Br)N1CC[C@H](O)C1. The van der Waals surface area contributed by atoms with Crippen LogP contribution in [0.4, 0.5) is 8.78 Å². The van der Waals surface area contributed by atoms with E-state index >= 15 is 0 Å². The molecule has 1 fully saturated rings. The van der Waals surface area contributed by atoms with Crippen LogP contribution in [-0.2, 0) is 0 Å². The average Bonchev–Trinajstić information content (AvgIpc) is 2.69. The maximum atomic E-state index is 13.1. The molecule has 0 aromatic heterocycles. The van der Waals surface area contributed by atoms with E-state index in [0.717, 1.165) is 12.1 Å². The van der Waals surface area contributed by atoms with Gasteiger partial charge >= 0.3 is 0 Å². The first-order valence-corrected chi connectivity index (χ1v) is 5.90. The Bertz CT molecular complexity index is 467. The van der Waals surface area contributed by atoms with Crippen molar-refractivity contribution in [3.05, 3.63) is 33.8 Å². The van der Waals surface area contributed by atoms with Crippen molar-refractivity contribution in [3.63, 3.8) is 0 Å². The molecule has 1 N–H and O–H groups in total. The molecular weight excluding hydrogens is 296 g/mol. The van der Waals surface area contributed by atoms with Crippen molar-refractivity contribution in [2.24, 2.45) is 0 Å². The van der Waals surface area contributed by atoms with Crippen LogP contribution >= 0.6 is 15.9 Å². The molecule has 1 aliphatic heterocycles. The Morgan fingerprint density at radius 1 is 1.41 bits per heavy atom. The molecule has 0 aliphatic carbocycles. The van der Waals surface area contributed by atoms with Crippen molar-refractivity contribution in [3.8, 4) is 0 Å². The highest BCUT2D eigenvalue weighted by molar-refractivity contribution is 9.10. The van der Waals surface area contributed by atoms with Crippen LogP contribution in [0.1, 0.15) is 16.8 Å². The number of benzene rings is 1. The first-order chi connectivity index (χ1) is 7.99. The molecule has 1 heterocycles. The summed E-state index contributed by atoms with van der Waals surface area (Å²) in [6.07, 6.45) is -0.0319. The van der Waals surface area contributed by atoms with Crippen LogP contribution in [0.5, 0.6) is 0 Å². The van der Waals surface area contributed by atoms with Crippen LogP contribution < -0.4 is 0 Å². The Kier molecular flexibility index (Phi) is 3.44.